The third kappa shape index (κ3) is 7.01. The lowest BCUT2D eigenvalue weighted by Gasteiger charge is -2.25. The van der Waals surface area contributed by atoms with Crippen LogP contribution in [0.25, 0.3) is 11.1 Å². The summed E-state index contributed by atoms with van der Waals surface area (Å²) in [5.41, 5.74) is 5.24. The van der Waals surface area contributed by atoms with Gasteiger partial charge in [0, 0.05) is 18.9 Å². The molecule has 1 aliphatic rings. The van der Waals surface area contributed by atoms with E-state index in [1.54, 1.807) is 6.92 Å². The second-order valence-corrected chi connectivity index (χ2v) is 9.38. The fourth-order valence-corrected chi connectivity index (χ4v) is 4.63. The van der Waals surface area contributed by atoms with Crippen LogP contribution in [0.4, 0.5) is 4.79 Å². The van der Waals surface area contributed by atoms with Crippen LogP contribution >= 0.6 is 0 Å². The predicted octanol–water partition coefficient (Wildman–Crippen LogP) is 3.45. The molecular formula is C30H32N2O7. The molecule has 2 amide bonds. The maximum absolute atomic E-state index is 13.0. The number of carbonyl (C=O) groups is 3. The van der Waals surface area contributed by atoms with Crippen LogP contribution in [0.3, 0.4) is 0 Å². The summed E-state index contributed by atoms with van der Waals surface area (Å²) in [6.07, 6.45) is -3.31. The van der Waals surface area contributed by atoms with Gasteiger partial charge in [-0.05, 0) is 34.7 Å². The van der Waals surface area contributed by atoms with Crippen LogP contribution in [0.1, 0.15) is 36.0 Å². The molecule has 0 bridgehead atoms. The van der Waals surface area contributed by atoms with Gasteiger partial charge in [-0.1, -0.05) is 78.9 Å². The number of carboxylic acid groups (broad SMARTS) is 1. The maximum Gasteiger partial charge on any atom is 0.407 e. The van der Waals surface area contributed by atoms with Gasteiger partial charge in [-0.25, -0.2) is 9.59 Å². The SMILES string of the molecule is C[C@H](OCc1ccccc1)[C@@H](NC(=O)OCC1c2ccccc2-c2ccccc21)C(=O)NCCC(O)C(=O)O. The highest BCUT2D eigenvalue weighted by Gasteiger charge is 2.31. The highest BCUT2D eigenvalue weighted by atomic mass is 16.5. The summed E-state index contributed by atoms with van der Waals surface area (Å²) in [7, 11) is 0. The Hall–Kier alpha value is -4.21. The molecular weight excluding hydrogens is 500 g/mol. The summed E-state index contributed by atoms with van der Waals surface area (Å²) in [6.45, 7) is 1.86. The smallest absolute Gasteiger partial charge is 0.407 e. The normalized spacial score (nSPS) is 14.4. The molecule has 0 aliphatic heterocycles. The van der Waals surface area contributed by atoms with Crippen molar-refractivity contribution in [2.45, 2.75) is 44.1 Å². The van der Waals surface area contributed by atoms with Crippen molar-refractivity contribution in [2.24, 2.45) is 0 Å². The molecule has 39 heavy (non-hydrogen) atoms. The summed E-state index contributed by atoms with van der Waals surface area (Å²) < 4.78 is 11.5. The average molecular weight is 533 g/mol. The van der Waals surface area contributed by atoms with E-state index >= 15 is 0 Å². The Bertz CT molecular complexity index is 1250. The molecule has 1 aliphatic carbocycles. The number of aliphatic hydroxyl groups excluding tert-OH is 1. The van der Waals surface area contributed by atoms with Crippen LogP contribution in [0.2, 0.25) is 0 Å². The number of carbonyl (C=O) groups excluding carboxylic acids is 2. The number of benzene rings is 3. The van der Waals surface area contributed by atoms with Crippen LogP contribution < -0.4 is 10.6 Å². The zero-order valence-corrected chi connectivity index (χ0v) is 21.6. The van der Waals surface area contributed by atoms with Gasteiger partial charge in [-0.3, -0.25) is 4.79 Å². The Morgan fingerprint density at radius 2 is 1.49 bits per heavy atom. The lowest BCUT2D eigenvalue weighted by Crippen LogP contribution is -2.53. The van der Waals surface area contributed by atoms with E-state index in [1.807, 2.05) is 78.9 Å². The van der Waals surface area contributed by atoms with Crippen LogP contribution in [0, 0.1) is 0 Å². The second-order valence-electron chi connectivity index (χ2n) is 9.38. The van der Waals surface area contributed by atoms with Crippen molar-refractivity contribution in [3.63, 3.8) is 0 Å². The topological polar surface area (TPSA) is 134 Å². The third-order valence-electron chi connectivity index (χ3n) is 6.73. The van der Waals surface area contributed by atoms with E-state index in [1.165, 1.54) is 0 Å². The molecule has 4 N–H and O–H groups in total. The zero-order chi connectivity index (χ0) is 27.8. The van der Waals surface area contributed by atoms with Crippen molar-refractivity contribution in [3.8, 4) is 11.1 Å². The molecule has 4 rings (SSSR count). The number of ether oxygens (including phenoxy) is 2. The van der Waals surface area contributed by atoms with Crippen molar-refractivity contribution in [1.29, 1.82) is 0 Å². The number of nitrogens with one attached hydrogen (secondary N) is 2. The van der Waals surface area contributed by atoms with Crippen molar-refractivity contribution >= 4 is 18.0 Å². The summed E-state index contributed by atoms with van der Waals surface area (Å²) >= 11 is 0. The van der Waals surface area contributed by atoms with Gasteiger partial charge >= 0.3 is 12.1 Å². The first-order valence-electron chi connectivity index (χ1n) is 12.8. The maximum atomic E-state index is 13.0. The molecule has 9 nitrogen and oxygen atoms in total. The van der Waals surface area contributed by atoms with Crippen LogP contribution in [0.15, 0.2) is 78.9 Å². The minimum atomic E-state index is -1.61. The third-order valence-corrected chi connectivity index (χ3v) is 6.73. The molecule has 204 valence electrons. The molecule has 3 aromatic rings. The van der Waals surface area contributed by atoms with E-state index in [4.69, 9.17) is 14.6 Å². The molecule has 0 radical (unpaired) electrons. The Balaban J connectivity index is 1.40. The summed E-state index contributed by atoms with van der Waals surface area (Å²) in [6, 6.07) is 24.2. The van der Waals surface area contributed by atoms with Gasteiger partial charge in [0.2, 0.25) is 5.91 Å². The monoisotopic (exact) mass is 532 g/mol. The number of hydrogen-bond donors (Lipinski definition) is 4. The Morgan fingerprint density at radius 1 is 0.897 bits per heavy atom. The predicted molar refractivity (Wildman–Crippen MR) is 144 cm³/mol. The number of amides is 2. The molecule has 0 heterocycles. The quantitative estimate of drug-likeness (QED) is 0.281. The van der Waals surface area contributed by atoms with Crippen LogP contribution in [0.5, 0.6) is 0 Å². The van der Waals surface area contributed by atoms with Crippen molar-refractivity contribution in [2.75, 3.05) is 13.2 Å². The molecule has 0 saturated heterocycles. The van der Waals surface area contributed by atoms with Crippen molar-refractivity contribution in [3.05, 3.63) is 95.6 Å². The van der Waals surface area contributed by atoms with E-state index in [0.29, 0.717) is 0 Å². The summed E-state index contributed by atoms with van der Waals surface area (Å²) in [4.78, 5) is 36.7. The van der Waals surface area contributed by atoms with E-state index in [-0.39, 0.29) is 32.1 Å². The number of hydrogen-bond acceptors (Lipinski definition) is 6. The van der Waals surface area contributed by atoms with E-state index in [2.05, 4.69) is 10.6 Å². The highest BCUT2D eigenvalue weighted by Crippen LogP contribution is 2.44. The van der Waals surface area contributed by atoms with Gasteiger partial charge in [0.1, 0.15) is 12.6 Å². The first-order chi connectivity index (χ1) is 18.8. The molecule has 0 fully saturated rings. The molecule has 3 atom stereocenters. The van der Waals surface area contributed by atoms with E-state index < -0.39 is 36.2 Å². The van der Waals surface area contributed by atoms with Gasteiger partial charge in [-0.2, -0.15) is 0 Å². The van der Waals surface area contributed by atoms with Gasteiger partial charge in [0.05, 0.1) is 12.7 Å². The number of aliphatic hydroxyl groups is 1. The van der Waals surface area contributed by atoms with Gasteiger partial charge in [0.15, 0.2) is 6.10 Å². The molecule has 0 spiro atoms. The number of aliphatic carboxylic acids is 1. The fraction of sp³-hybridized carbons (Fsp3) is 0.300. The second kappa shape index (κ2) is 13.0. The van der Waals surface area contributed by atoms with Gasteiger partial charge < -0.3 is 30.3 Å². The lowest BCUT2D eigenvalue weighted by molar-refractivity contribution is -0.147. The molecule has 9 heteroatoms. The van der Waals surface area contributed by atoms with Crippen LogP contribution in [-0.4, -0.2) is 59.6 Å². The fourth-order valence-electron chi connectivity index (χ4n) is 4.63. The first kappa shape index (κ1) is 27.8. The van der Waals surface area contributed by atoms with Gasteiger partial charge in [-0.15, -0.1) is 0 Å². The number of alkyl carbamates (subject to hydrolysis) is 1. The lowest BCUT2D eigenvalue weighted by atomic mass is 9.98. The Kier molecular flexibility index (Phi) is 9.30. The van der Waals surface area contributed by atoms with E-state index in [0.717, 1.165) is 27.8 Å². The van der Waals surface area contributed by atoms with Crippen LogP contribution in [-0.2, 0) is 25.7 Å². The summed E-state index contributed by atoms with van der Waals surface area (Å²) in [5, 5.41) is 23.5. The molecule has 1 unspecified atom stereocenters. The van der Waals surface area contributed by atoms with Crippen molar-refractivity contribution < 1.29 is 34.1 Å². The molecule has 3 aromatic carbocycles. The van der Waals surface area contributed by atoms with Crippen molar-refractivity contribution in [1.82, 2.24) is 10.6 Å². The molecule has 0 saturated carbocycles. The Morgan fingerprint density at radius 3 is 2.10 bits per heavy atom. The highest BCUT2D eigenvalue weighted by molar-refractivity contribution is 5.86. The zero-order valence-electron chi connectivity index (χ0n) is 21.6. The minimum Gasteiger partial charge on any atom is -0.479 e. The van der Waals surface area contributed by atoms with Gasteiger partial charge in [0.25, 0.3) is 0 Å². The van der Waals surface area contributed by atoms with E-state index in [9.17, 15) is 19.5 Å². The standard InChI is InChI=1S/C30H32N2O7/c1-19(38-17-20-9-3-2-4-10-20)27(28(34)31-16-15-26(33)29(35)36)32-30(37)39-18-25-23-13-7-5-11-21(23)22-12-6-8-14-24(22)25/h2-14,19,25-27,33H,15-18H2,1H3,(H,31,34)(H,32,37)(H,35,36)/t19-,26?,27+/m0/s1. The number of fused-ring (bicyclic) bond motifs is 3. The summed E-state index contributed by atoms with van der Waals surface area (Å²) in [5.74, 6) is -2.10. The largest absolute Gasteiger partial charge is 0.479 e. The minimum absolute atomic E-state index is 0.0816. The Labute approximate surface area is 226 Å². The number of rotatable bonds is 12. The number of carboxylic acids is 1. The first-order valence-corrected chi connectivity index (χ1v) is 12.8. The average Bonchev–Trinajstić information content (AvgIpc) is 3.27. The molecule has 0 aromatic heterocycles.